The molecule has 1 aliphatic carbocycles. The van der Waals surface area contributed by atoms with Gasteiger partial charge in [-0.05, 0) is 55.1 Å². The van der Waals surface area contributed by atoms with Crippen LogP contribution in [0.1, 0.15) is 39.0 Å². The van der Waals surface area contributed by atoms with Crippen molar-refractivity contribution in [1.82, 2.24) is 9.55 Å². The van der Waals surface area contributed by atoms with Crippen LogP contribution in [0.2, 0.25) is 0 Å². The zero-order valence-electron chi connectivity index (χ0n) is 11.2. The molecule has 2 nitrogen and oxygen atoms in total. The zero-order chi connectivity index (χ0) is 13.5. The number of nitrogens with one attached hydrogen (secondary N) is 1. The summed E-state index contributed by atoms with van der Waals surface area (Å²) in [4.78, 5) is 3.12. The second-order valence-corrected chi connectivity index (χ2v) is 6.13. The molecule has 0 radical (unpaired) electrons. The molecule has 2 aromatic rings. The van der Waals surface area contributed by atoms with Gasteiger partial charge >= 0.3 is 0 Å². The predicted octanol–water partition coefficient (Wildman–Crippen LogP) is 4.81. The number of fused-ring (bicyclic) bond motifs is 1. The number of imidazole rings is 1. The van der Waals surface area contributed by atoms with Gasteiger partial charge in [0.25, 0.3) is 0 Å². The standard InChI is InChI=1S/C15H19FN2S/c1-2-15(7-3-4-8-15)10-18-13-6-5-11(16)9-12(13)17-14(18)19/h5-6,9H,2-4,7-8,10H2,1H3,(H,17,19). The maximum atomic E-state index is 13.3. The summed E-state index contributed by atoms with van der Waals surface area (Å²) in [5.41, 5.74) is 2.20. The number of halogens is 1. The summed E-state index contributed by atoms with van der Waals surface area (Å²) in [5, 5.41) is 0. The number of aromatic nitrogens is 2. The molecule has 0 atom stereocenters. The average Bonchev–Trinajstić information content (AvgIpc) is 2.96. The van der Waals surface area contributed by atoms with Gasteiger partial charge in [0.2, 0.25) is 0 Å². The number of hydrogen-bond donors (Lipinski definition) is 1. The Kier molecular flexibility index (Phi) is 3.21. The van der Waals surface area contributed by atoms with E-state index >= 15 is 0 Å². The van der Waals surface area contributed by atoms with E-state index in [2.05, 4.69) is 16.5 Å². The summed E-state index contributed by atoms with van der Waals surface area (Å²) in [7, 11) is 0. The lowest BCUT2D eigenvalue weighted by Gasteiger charge is -2.28. The first-order valence-corrected chi connectivity index (χ1v) is 7.42. The Balaban J connectivity index is 2.05. The fraction of sp³-hybridized carbons (Fsp3) is 0.533. The molecule has 0 bridgehead atoms. The summed E-state index contributed by atoms with van der Waals surface area (Å²) >= 11 is 5.41. The van der Waals surface area contributed by atoms with Crippen molar-refractivity contribution < 1.29 is 4.39 Å². The maximum Gasteiger partial charge on any atom is 0.178 e. The molecule has 102 valence electrons. The summed E-state index contributed by atoms with van der Waals surface area (Å²) in [6, 6.07) is 4.86. The van der Waals surface area contributed by atoms with Crippen LogP contribution in [-0.4, -0.2) is 9.55 Å². The van der Waals surface area contributed by atoms with Gasteiger partial charge in [-0.1, -0.05) is 19.8 Å². The van der Waals surface area contributed by atoms with Gasteiger partial charge in [0.1, 0.15) is 5.82 Å². The van der Waals surface area contributed by atoms with Crippen LogP contribution in [0.15, 0.2) is 18.2 Å². The molecule has 1 fully saturated rings. The molecule has 1 saturated carbocycles. The van der Waals surface area contributed by atoms with E-state index in [1.54, 1.807) is 0 Å². The molecule has 1 aromatic heterocycles. The molecule has 4 heteroatoms. The van der Waals surface area contributed by atoms with Crippen molar-refractivity contribution in [1.29, 1.82) is 0 Å². The first-order valence-electron chi connectivity index (χ1n) is 7.02. The molecule has 1 heterocycles. The van der Waals surface area contributed by atoms with Crippen LogP contribution in [0.4, 0.5) is 4.39 Å². The van der Waals surface area contributed by atoms with Crippen molar-refractivity contribution in [2.45, 2.75) is 45.6 Å². The molecule has 1 N–H and O–H groups in total. The van der Waals surface area contributed by atoms with Crippen LogP contribution in [0.25, 0.3) is 11.0 Å². The third-order valence-corrected chi connectivity index (χ3v) is 4.97. The Hall–Kier alpha value is -1.16. The number of benzene rings is 1. The third kappa shape index (κ3) is 2.22. The fourth-order valence-corrected chi connectivity index (χ4v) is 3.65. The van der Waals surface area contributed by atoms with E-state index in [9.17, 15) is 4.39 Å². The van der Waals surface area contributed by atoms with Crippen LogP contribution < -0.4 is 0 Å². The van der Waals surface area contributed by atoms with Gasteiger partial charge in [-0.2, -0.15) is 0 Å². The van der Waals surface area contributed by atoms with Gasteiger partial charge in [0, 0.05) is 6.54 Å². The average molecular weight is 278 g/mol. The molecule has 0 amide bonds. The minimum absolute atomic E-state index is 0.220. The normalized spacial score (nSPS) is 18.2. The lowest BCUT2D eigenvalue weighted by Crippen LogP contribution is -2.22. The minimum atomic E-state index is -0.220. The van der Waals surface area contributed by atoms with Crippen molar-refractivity contribution in [3.63, 3.8) is 0 Å². The third-order valence-electron chi connectivity index (χ3n) is 4.64. The van der Waals surface area contributed by atoms with E-state index in [1.165, 1.54) is 44.2 Å². The highest BCUT2D eigenvalue weighted by Crippen LogP contribution is 2.42. The Bertz CT molecular complexity index is 650. The van der Waals surface area contributed by atoms with E-state index in [4.69, 9.17) is 12.2 Å². The highest BCUT2D eigenvalue weighted by Gasteiger charge is 2.32. The highest BCUT2D eigenvalue weighted by atomic mass is 32.1. The quantitative estimate of drug-likeness (QED) is 0.799. The van der Waals surface area contributed by atoms with E-state index in [-0.39, 0.29) is 5.82 Å². The number of H-pyrrole nitrogens is 1. The van der Waals surface area contributed by atoms with Crippen molar-refractivity contribution in [3.8, 4) is 0 Å². The lowest BCUT2D eigenvalue weighted by atomic mass is 9.83. The van der Waals surface area contributed by atoms with Crippen LogP contribution >= 0.6 is 12.2 Å². The Morgan fingerprint density at radius 1 is 1.37 bits per heavy atom. The number of nitrogens with zero attached hydrogens (tertiary/aromatic N) is 1. The molecule has 0 aliphatic heterocycles. The Morgan fingerprint density at radius 3 is 2.79 bits per heavy atom. The Morgan fingerprint density at radius 2 is 2.11 bits per heavy atom. The summed E-state index contributed by atoms with van der Waals surface area (Å²) in [6.07, 6.45) is 6.37. The first-order chi connectivity index (χ1) is 9.13. The van der Waals surface area contributed by atoms with Crippen LogP contribution in [0.3, 0.4) is 0 Å². The number of rotatable bonds is 3. The molecule has 0 spiro atoms. The van der Waals surface area contributed by atoms with Gasteiger partial charge in [0.15, 0.2) is 4.77 Å². The van der Waals surface area contributed by atoms with E-state index in [0.717, 1.165) is 17.6 Å². The molecular formula is C15H19FN2S. The largest absolute Gasteiger partial charge is 0.330 e. The Labute approximate surface area is 117 Å². The van der Waals surface area contributed by atoms with Crippen molar-refractivity contribution >= 4 is 23.3 Å². The lowest BCUT2D eigenvalue weighted by molar-refractivity contribution is 0.239. The second-order valence-electron chi connectivity index (χ2n) is 5.74. The molecule has 19 heavy (non-hydrogen) atoms. The molecule has 1 aliphatic rings. The summed E-state index contributed by atoms with van der Waals surface area (Å²) in [6.45, 7) is 3.22. The van der Waals surface area contributed by atoms with Crippen LogP contribution in [-0.2, 0) is 6.54 Å². The minimum Gasteiger partial charge on any atom is -0.330 e. The van der Waals surface area contributed by atoms with Crippen LogP contribution in [0, 0.1) is 16.0 Å². The second kappa shape index (κ2) is 4.75. The predicted molar refractivity (Wildman–Crippen MR) is 78.3 cm³/mol. The van der Waals surface area contributed by atoms with Gasteiger partial charge in [0.05, 0.1) is 11.0 Å². The number of aromatic amines is 1. The molecule has 0 saturated heterocycles. The molecule has 3 rings (SSSR count). The summed E-state index contributed by atoms with van der Waals surface area (Å²) in [5.74, 6) is -0.220. The fourth-order valence-electron chi connectivity index (χ4n) is 3.38. The van der Waals surface area contributed by atoms with Crippen molar-refractivity contribution in [2.24, 2.45) is 5.41 Å². The molecule has 0 unspecified atom stereocenters. The van der Waals surface area contributed by atoms with Crippen molar-refractivity contribution in [3.05, 3.63) is 28.8 Å². The topological polar surface area (TPSA) is 20.7 Å². The smallest absolute Gasteiger partial charge is 0.178 e. The highest BCUT2D eigenvalue weighted by molar-refractivity contribution is 7.71. The van der Waals surface area contributed by atoms with Crippen molar-refractivity contribution in [2.75, 3.05) is 0 Å². The van der Waals surface area contributed by atoms with Gasteiger partial charge < -0.3 is 9.55 Å². The zero-order valence-corrected chi connectivity index (χ0v) is 12.0. The molecular weight excluding hydrogens is 259 g/mol. The van der Waals surface area contributed by atoms with E-state index in [0.29, 0.717) is 10.2 Å². The summed E-state index contributed by atoms with van der Waals surface area (Å²) < 4.78 is 16.1. The van der Waals surface area contributed by atoms with Gasteiger partial charge in [-0.25, -0.2) is 4.39 Å². The van der Waals surface area contributed by atoms with E-state index < -0.39 is 0 Å². The van der Waals surface area contributed by atoms with Gasteiger partial charge in [-0.3, -0.25) is 0 Å². The van der Waals surface area contributed by atoms with Gasteiger partial charge in [-0.15, -0.1) is 0 Å². The maximum absolute atomic E-state index is 13.3. The SMILES string of the molecule is CCC1(Cn2c(=S)[nH]c3cc(F)ccc32)CCCC1. The van der Waals surface area contributed by atoms with Crippen LogP contribution in [0.5, 0.6) is 0 Å². The first kappa shape index (κ1) is 12.9. The van der Waals surface area contributed by atoms with E-state index in [1.807, 2.05) is 6.07 Å². The molecule has 1 aromatic carbocycles. The monoisotopic (exact) mass is 278 g/mol. The number of hydrogen-bond acceptors (Lipinski definition) is 1.